The summed E-state index contributed by atoms with van der Waals surface area (Å²) in [5.41, 5.74) is 5.61. The van der Waals surface area contributed by atoms with Gasteiger partial charge in [-0.2, -0.15) is 0 Å². The van der Waals surface area contributed by atoms with Crippen LogP contribution in [0.25, 0.3) is 0 Å². The van der Waals surface area contributed by atoms with Gasteiger partial charge in [-0.15, -0.1) is 0 Å². The van der Waals surface area contributed by atoms with E-state index in [2.05, 4.69) is 9.97 Å². The molecule has 0 atom stereocenters. The van der Waals surface area contributed by atoms with E-state index in [1.54, 1.807) is 0 Å². The number of nitrogens with zero attached hydrogens (tertiary/aromatic N) is 3. The van der Waals surface area contributed by atoms with E-state index in [1.807, 2.05) is 4.90 Å². The number of aromatic nitrogens is 2. The minimum atomic E-state index is -0.698. The number of nitrogens with two attached hydrogens (primary N) is 1. The Bertz CT molecular complexity index is 607. The molecule has 1 aromatic heterocycles. The Labute approximate surface area is 154 Å². The van der Waals surface area contributed by atoms with Crippen molar-refractivity contribution in [2.45, 2.75) is 76.3 Å². The van der Waals surface area contributed by atoms with Gasteiger partial charge < -0.3 is 15.4 Å². The van der Waals surface area contributed by atoms with E-state index in [1.165, 1.54) is 25.2 Å². The molecule has 2 fully saturated rings. The Morgan fingerprint density at radius 2 is 1.50 bits per heavy atom. The van der Waals surface area contributed by atoms with Gasteiger partial charge in [-0.25, -0.2) is 14.8 Å². The normalized spacial score (nSPS) is 19.1. The minimum Gasteiger partial charge on any atom is -0.451 e. The van der Waals surface area contributed by atoms with E-state index < -0.39 is 5.97 Å². The molecule has 2 N–H and O–H groups in total. The van der Waals surface area contributed by atoms with Crippen molar-refractivity contribution >= 4 is 17.7 Å². The summed E-state index contributed by atoms with van der Waals surface area (Å²) in [7, 11) is 0. The fraction of sp³-hybridized carbons (Fsp3) is 0.684. The third-order valence-corrected chi connectivity index (χ3v) is 5.47. The predicted octanol–water partition coefficient (Wildman–Crippen LogP) is 2.71. The maximum absolute atomic E-state index is 12.9. The van der Waals surface area contributed by atoms with Crippen molar-refractivity contribution in [3.63, 3.8) is 0 Å². The van der Waals surface area contributed by atoms with Crippen LogP contribution in [0, 0.1) is 0 Å². The lowest BCUT2D eigenvalue weighted by molar-refractivity contribution is -0.141. The zero-order valence-electron chi connectivity index (χ0n) is 15.2. The second-order valence-corrected chi connectivity index (χ2v) is 7.25. The first-order chi connectivity index (χ1) is 12.7. The molecule has 7 nitrogen and oxygen atoms in total. The minimum absolute atomic E-state index is 0.0152. The van der Waals surface area contributed by atoms with Gasteiger partial charge >= 0.3 is 5.97 Å². The third kappa shape index (κ3) is 4.51. The molecular weight excluding hydrogens is 332 g/mol. The summed E-state index contributed by atoms with van der Waals surface area (Å²) >= 11 is 0. The van der Waals surface area contributed by atoms with Crippen molar-refractivity contribution in [2.75, 3.05) is 12.3 Å². The van der Waals surface area contributed by atoms with Gasteiger partial charge in [0.15, 0.2) is 18.1 Å². The monoisotopic (exact) mass is 360 g/mol. The van der Waals surface area contributed by atoms with Gasteiger partial charge in [-0.3, -0.25) is 4.79 Å². The van der Waals surface area contributed by atoms with E-state index in [4.69, 9.17) is 10.5 Å². The van der Waals surface area contributed by atoms with E-state index in [0.717, 1.165) is 51.4 Å². The quantitative estimate of drug-likeness (QED) is 0.811. The summed E-state index contributed by atoms with van der Waals surface area (Å²) in [4.78, 5) is 34.9. The number of ether oxygens (including phenoxy) is 1. The average Bonchev–Trinajstić information content (AvgIpc) is 2.68. The van der Waals surface area contributed by atoms with E-state index in [0.29, 0.717) is 0 Å². The fourth-order valence-electron chi connectivity index (χ4n) is 4.20. The van der Waals surface area contributed by atoms with E-state index >= 15 is 0 Å². The first kappa shape index (κ1) is 18.6. The highest BCUT2D eigenvalue weighted by molar-refractivity contribution is 5.93. The molecule has 0 radical (unpaired) electrons. The Morgan fingerprint density at radius 1 is 0.962 bits per heavy atom. The molecule has 142 valence electrons. The Morgan fingerprint density at radius 3 is 2.04 bits per heavy atom. The third-order valence-electron chi connectivity index (χ3n) is 5.47. The first-order valence-electron chi connectivity index (χ1n) is 9.71. The smallest absolute Gasteiger partial charge is 0.361 e. The van der Waals surface area contributed by atoms with Crippen molar-refractivity contribution < 1.29 is 14.3 Å². The van der Waals surface area contributed by atoms with E-state index in [9.17, 15) is 9.59 Å². The van der Waals surface area contributed by atoms with Gasteiger partial charge in [0.1, 0.15) is 0 Å². The zero-order chi connectivity index (χ0) is 18.4. The van der Waals surface area contributed by atoms with Crippen molar-refractivity contribution in [1.82, 2.24) is 14.9 Å². The highest BCUT2D eigenvalue weighted by atomic mass is 16.5. The SMILES string of the molecule is Nc1nccnc1C(=O)OCC(=O)N(C1CCCCC1)C1CCCCC1. The highest BCUT2D eigenvalue weighted by Gasteiger charge is 2.33. The van der Waals surface area contributed by atoms with Gasteiger partial charge in [0.2, 0.25) is 0 Å². The second kappa shape index (κ2) is 8.96. The van der Waals surface area contributed by atoms with Gasteiger partial charge in [0, 0.05) is 24.5 Å². The van der Waals surface area contributed by atoms with E-state index in [-0.39, 0.29) is 36.1 Å². The molecule has 0 unspecified atom stereocenters. The van der Waals surface area contributed by atoms with Crippen LogP contribution < -0.4 is 5.73 Å². The topological polar surface area (TPSA) is 98.4 Å². The molecule has 2 aliphatic carbocycles. The first-order valence-corrected chi connectivity index (χ1v) is 9.71. The summed E-state index contributed by atoms with van der Waals surface area (Å²) in [6, 6.07) is 0.555. The van der Waals surface area contributed by atoms with Crippen LogP contribution in [0.5, 0.6) is 0 Å². The number of amides is 1. The van der Waals surface area contributed by atoms with Crippen molar-refractivity contribution in [2.24, 2.45) is 0 Å². The molecule has 7 heteroatoms. The Hall–Kier alpha value is -2.18. The molecule has 0 aliphatic heterocycles. The highest BCUT2D eigenvalue weighted by Crippen LogP contribution is 2.30. The number of rotatable bonds is 5. The molecule has 0 bridgehead atoms. The van der Waals surface area contributed by atoms with Gasteiger partial charge in [-0.05, 0) is 25.7 Å². The van der Waals surface area contributed by atoms with Crippen molar-refractivity contribution in [3.05, 3.63) is 18.1 Å². The van der Waals surface area contributed by atoms with Crippen LogP contribution in [-0.4, -0.2) is 45.4 Å². The molecule has 0 spiro atoms. The van der Waals surface area contributed by atoms with Crippen LogP contribution >= 0.6 is 0 Å². The maximum Gasteiger partial charge on any atom is 0.361 e. The molecule has 3 rings (SSSR count). The maximum atomic E-state index is 12.9. The lowest BCUT2D eigenvalue weighted by Crippen LogP contribution is -2.50. The summed E-state index contributed by atoms with van der Waals surface area (Å²) in [5.74, 6) is -0.780. The lowest BCUT2D eigenvalue weighted by atomic mass is 9.88. The predicted molar refractivity (Wildman–Crippen MR) is 97.3 cm³/mol. The molecule has 2 saturated carbocycles. The van der Waals surface area contributed by atoms with Crippen molar-refractivity contribution in [3.8, 4) is 0 Å². The number of carbonyl (C=O) groups is 2. The number of anilines is 1. The van der Waals surface area contributed by atoms with Gasteiger partial charge in [0.05, 0.1) is 0 Å². The Kier molecular flexibility index (Phi) is 6.41. The standard InChI is InChI=1S/C19H28N4O3/c20-18-17(21-11-12-22-18)19(25)26-13-16(24)23(14-7-3-1-4-8-14)15-9-5-2-6-10-15/h11-12,14-15H,1-10,13H2,(H2,20,22). The number of esters is 1. The second-order valence-electron chi connectivity index (χ2n) is 7.25. The molecule has 1 heterocycles. The Balaban J connectivity index is 1.64. The molecule has 26 heavy (non-hydrogen) atoms. The van der Waals surface area contributed by atoms with Gasteiger partial charge in [0.25, 0.3) is 5.91 Å². The van der Waals surface area contributed by atoms with Crippen molar-refractivity contribution in [1.29, 1.82) is 0 Å². The summed E-state index contributed by atoms with van der Waals surface area (Å²) in [6.07, 6.45) is 14.1. The van der Waals surface area contributed by atoms with Crippen LogP contribution in [0.1, 0.15) is 74.7 Å². The molecule has 1 amide bonds. The largest absolute Gasteiger partial charge is 0.451 e. The molecule has 0 saturated heterocycles. The lowest BCUT2D eigenvalue weighted by Gasteiger charge is -2.41. The van der Waals surface area contributed by atoms with Crippen LogP contribution in [0.4, 0.5) is 5.82 Å². The number of hydrogen-bond acceptors (Lipinski definition) is 6. The number of hydrogen-bond donors (Lipinski definition) is 1. The van der Waals surface area contributed by atoms with Crippen LogP contribution in [0.3, 0.4) is 0 Å². The molecule has 0 aromatic carbocycles. The molecule has 1 aromatic rings. The molecule has 2 aliphatic rings. The summed E-state index contributed by atoms with van der Waals surface area (Å²) in [5, 5.41) is 0. The van der Waals surface area contributed by atoms with Crippen LogP contribution in [-0.2, 0) is 9.53 Å². The van der Waals surface area contributed by atoms with Gasteiger partial charge in [-0.1, -0.05) is 38.5 Å². The zero-order valence-corrected chi connectivity index (χ0v) is 15.2. The number of nitrogen functional groups attached to an aromatic ring is 1. The van der Waals surface area contributed by atoms with Crippen LogP contribution in [0.2, 0.25) is 0 Å². The average molecular weight is 360 g/mol. The molecular formula is C19H28N4O3. The van der Waals surface area contributed by atoms with Crippen LogP contribution in [0.15, 0.2) is 12.4 Å². The summed E-state index contributed by atoms with van der Waals surface area (Å²) in [6.45, 7) is -0.262. The fourth-order valence-corrected chi connectivity index (χ4v) is 4.20. The number of carbonyl (C=O) groups excluding carboxylic acids is 2. The summed E-state index contributed by atoms with van der Waals surface area (Å²) < 4.78 is 5.22.